The molecule has 0 aliphatic heterocycles. The molecule has 0 bridgehead atoms. The van der Waals surface area contributed by atoms with Gasteiger partial charge in [-0.1, -0.05) is 12.2 Å². The van der Waals surface area contributed by atoms with Crippen LogP contribution >= 0.6 is 28.1 Å². The van der Waals surface area contributed by atoms with E-state index in [-0.39, 0.29) is 5.60 Å². The molecule has 0 unspecified atom stereocenters. The highest BCUT2D eigenvalue weighted by Gasteiger charge is 2.15. The van der Waals surface area contributed by atoms with Gasteiger partial charge in [0.25, 0.3) is 0 Å². The number of anilines is 1. The second-order valence-electron chi connectivity index (χ2n) is 4.38. The minimum Gasteiger partial charge on any atom is -0.389 e. The molecule has 1 aromatic carbocycles. The third-order valence-corrected chi connectivity index (χ3v) is 3.38. The average Bonchev–Trinajstić information content (AvgIpc) is 2.26. The van der Waals surface area contributed by atoms with E-state index in [1.807, 2.05) is 32.0 Å². The van der Waals surface area contributed by atoms with E-state index in [1.165, 1.54) is 0 Å². The first-order chi connectivity index (χ1) is 7.85. The van der Waals surface area contributed by atoms with Crippen LogP contribution in [-0.2, 0) is 4.74 Å². The SMILES string of the molecule is COC(C)(C)CNc1ccc(C(N)=S)c(Br)c1. The molecular weight excluding hydrogens is 300 g/mol. The van der Waals surface area contributed by atoms with Gasteiger partial charge in [-0.3, -0.25) is 0 Å². The zero-order valence-electron chi connectivity index (χ0n) is 10.2. The fourth-order valence-corrected chi connectivity index (χ4v) is 2.11. The van der Waals surface area contributed by atoms with Gasteiger partial charge in [-0.25, -0.2) is 0 Å². The van der Waals surface area contributed by atoms with Crippen molar-refractivity contribution in [3.8, 4) is 0 Å². The van der Waals surface area contributed by atoms with Crippen molar-refractivity contribution in [3.05, 3.63) is 28.2 Å². The number of benzene rings is 1. The van der Waals surface area contributed by atoms with Gasteiger partial charge in [-0.2, -0.15) is 0 Å². The number of halogens is 1. The lowest BCUT2D eigenvalue weighted by atomic mass is 10.1. The van der Waals surface area contributed by atoms with E-state index in [4.69, 9.17) is 22.7 Å². The Kier molecular flexibility index (Phi) is 4.91. The van der Waals surface area contributed by atoms with Gasteiger partial charge in [0, 0.05) is 29.4 Å². The van der Waals surface area contributed by atoms with Crippen LogP contribution in [-0.4, -0.2) is 24.2 Å². The maximum atomic E-state index is 5.59. The van der Waals surface area contributed by atoms with E-state index < -0.39 is 0 Å². The highest BCUT2D eigenvalue weighted by molar-refractivity contribution is 9.10. The molecule has 0 amide bonds. The van der Waals surface area contributed by atoms with Crippen molar-refractivity contribution in [3.63, 3.8) is 0 Å². The number of rotatable bonds is 5. The fourth-order valence-electron chi connectivity index (χ4n) is 1.21. The Morgan fingerprint density at radius 2 is 2.18 bits per heavy atom. The predicted molar refractivity (Wildman–Crippen MR) is 79.6 cm³/mol. The van der Waals surface area contributed by atoms with E-state index in [0.29, 0.717) is 4.99 Å². The summed E-state index contributed by atoms with van der Waals surface area (Å²) in [7, 11) is 1.70. The molecule has 0 aliphatic rings. The van der Waals surface area contributed by atoms with Crippen LogP contribution in [0.2, 0.25) is 0 Å². The first kappa shape index (κ1) is 14.4. The molecule has 0 radical (unpaired) electrons. The summed E-state index contributed by atoms with van der Waals surface area (Å²) in [6, 6.07) is 5.81. The Hall–Kier alpha value is -0.650. The smallest absolute Gasteiger partial charge is 0.105 e. The third kappa shape index (κ3) is 4.26. The van der Waals surface area contributed by atoms with Crippen LogP contribution in [0.5, 0.6) is 0 Å². The van der Waals surface area contributed by atoms with Crippen LogP contribution in [0.4, 0.5) is 5.69 Å². The van der Waals surface area contributed by atoms with Crippen molar-refractivity contribution >= 4 is 38.8 Å². The van der Waals surface area contributed by atoms with Crippen molar-refractivity contribution in [2.24, 2.45) is 5.73 Å². The maximum Gasteiger partial charge on any atom is 0.105 e. The lowest BCUT2D eigenvalue weighted by molar-refractivity contribution is 0.0344. The summed E-state index contributed by atoms with van der Waals surface area (Å²) in [4.78, 5) is 0.389. The second-order valence-corrected chi connectivity index (χ2v) is 5.67. The molecule has 0 saturated carbocycles. The standard InChI is InChI=1S/C12H17BrN2OS/c1-12(2,16-3)7-15-8-4-5-9(11(14)17)10(13)6-8/h4-6,15H,7H2,1-3H3,(H2,14,17). The summed E-state index contributed by atoms with van der Waals surface area (Å²) in [5.41, 5.74) is 7.24. The highest BCUT2D eigenvalue weighted by atomic mass is 79.9. The zero-order chi connectivity index (χ0) is 13.1. The van der Waals surface area contributed by atoms with E-state index >= 15 is 0 Å². The molecule has 94 valence electrons. The summed E-state index contributed by atoms with van der Waals surface area (Å²) in [6.45, 7) is 4.78. The van der Waals surface area contributed by atoms with E-state index in [1.54, 1.807) is 7.11 Å². The van der Waals surface area contributed by atoms with Gasteiger partial charge in [0.1, 0.15) is 4.99 Å². The molecule has 5 heteroatoms. The number of nitrogens with one attached hydrogen (secondary N) is 1. The second kappa shape index (κ2) is 5.80. The van der Waals surface area contributed by atoms with Crippen LogP contribution in [0.3, 0.4) is 0 Å². The lowest BCUT2D eigenvalue weighted by Crippen LogP contribution is -2.32. The molecule has 0 atom stereocenters. The van der Waals surface area contributed by atoms with Gasteiger partial charge < -0.3 is 15.8 Å². The number of nitrogens with two attached hydrogens (primary N) is 1. The summed E-state index contributed by atoms with van der Waals surface area (Å²) < 4.78 is 6.23. The Bertz CT molecular complexity index is 421. The quantitative estimate of drug-likeness (QED) is 0.820. The number of hydrogen-bond acceptors (Lipinski definition) is 3. The van der Waals surface area contributed by atoms with Gasteiger partial charge in [-0.15, -0.1) is 0 Å². The maximum absolute atomic E-state index is 5.59. The van der Waals surface area contributed by atoms with Crippen molar-refractivity contribution < 1.29 is 4.74 Å². The molecule has 0 spiro atoms. The van der Waals surface area contributed by atoms with Crippen molar-refractivity contribution in [1.29, 1.82) is 0 Å². The van der Waals surface area contributed by atoms with Gasteiger partial charge in [0.15, 0.2) is 0 Å². The first-order valence-electron chi connectivity index (χ1n) is 5.24. The largest absolute Gasteiger partial charge is 0.389 e. The van der Waals surface area contributed by atoms with Gasteiger partial charge in [0.05, 0.1) is 5.60 Å². The number of methoxy groups -OCH3 is 1. The van der Waals surface area contributed by atoms with Gasteiger partial charge in [-0.05, 0) is 48.0 Å². The third-order valence-electron chi connectivity index (χ3n) is 2.51. The monoisotopic (exact) mass is 316 g/mol. The highest BCUT2D eigenvalue weighted by Crippen LogP contribution is 2.22. The molecule has 0 saturated heterocycles. The van der Waals surface area contributed by atoms with Crippen molar-refractivity contribution in [1.82, 2.24) is 0 Å². The van der Waals surface area contributed by atoms with Crippen LogP contribution < -0.4 is 11.1 Å². The molecule has 1 aromatic rings. The van der Waals surface area contributed by atoms with Crippen LogP contribution in [0.1, 0.15) is 19.4 Å². The summed E-state index contributed by atoms with van der Waals surface area (Å²) in [5, 5.41) is 3.30. The minimum atomic E-state index is -0.200. The Morgan fingerprint density at radius 1 is 1.53 bits per heavy atom. The van der Waals surface area contributed by atoms with Crippen molar-refractivity contribution in [2.75, 3.05) is 19.0 Å². The summed E-state index contributed by atoms with van der Waals surface area (Å²) in [6.07, 6.45) is 0. The fraction of sp³-hybridized carbons (Fsp3) is 0.417. The molecule has 0 fully saturated rings. The Balaban J connectivity index is 2.75. The molecule has 0 aliphatic carbocycles. The molecule has 3 nitrogen and oxygen atoms in total. The lowest BCUT2D eigenvalue weighted by Gasteiger charge is -2.24. The van der Waals surface area contributed by atoms with E-state index in [0.717, 1.165) is 22.3 Å². The van der Waals surface area contributed by atoms with Gasteiger partial charge >= 0.3 is 0 Å². The predicted octanol–water partition coefficient (Wildman–Crippen LogP) is 2.92. The summed E-state index contributed by atoms with van der Waals surface area (Å²) >= 11 is 8.39. The van der Waals surface area contributed by atoms with Crippen LogP contribution in [0.25, 0.3) is 0 Å². The Morgan fingerprint density at radius 3 is 2.65 bits per heavy atom. The van der Waals surface area contributed by atoms with Crippen LogP contribution in [0, 0.1) is 0 Å². The zero-order valence-corrected chi connectivity index (χ0v) is 12.6. The number of ether oxygens (including phenoxy) is 1. The topological polar surface area (TPSA) is 47.3 Å². The minimum absolute atomic E-state index is 0.200. The average molecular weight is 317 g/mol. The molecule has 0 aromatic heterocycles. The molecule has 3 N–H and O–H groups in total. The van der Waals surface area contributed by atoms with E-state index in [2.05, 4.69) is 21.2 Å². The molecule has 17 heavy (non-hydrogen) atoms. The Labute approximate surface area is 116 Å². The summed E-state index contributed by atoms with van der Waals surface area (Å²) in [5.74, 6) is 0. The van der Waals surface area contributed by atoms with Gasteiger partial charge in [0.2, 0.25) is 0 Å². The number of hydrogen-bond donors (Lipinski definition) is 2. The molecular formula is C12H17BrN2OS. The van der Waals surface area contributed by atoms with Crippen molar-refractivity contribution in [2.45, 2.75) is 19.4 Å². The molecule has 1 rings (SSSR count). The van der Waals surface area contributed by atoms with Crippen LogP contribution in [0.15, 0.2) is 22.7 Å². The normalized spacial score (nSPS) is 11.3. The molecule has 0 heterocycles. The van der Waals surface area contributed by atoms with E-state index in [9.17, 15) is 0 Å². The first-order valence-corrected chi connectivity index (χ1v) is 6.44. The number of thiocarbonyl (C=S) groups is 1.